The Morgan fingerprint density at radius 3 is 1.85 bits per heavy atom. The number of carbonyl (C=O) groups is 2. The van der Waals surface area contributed by atoms with E-state index < -0.39 is 0 Å². The van der Waals surface area contributed by atoms with Gasteiger partial charge in [-0.25, -0.2) is 9.59 Å². The van der Waals surface area contributed by atoms with Crippen LogP contribution in [0.1, 0.15) is 85.5 Å². The molecule has 27 heavy (non-hydrogen) atoms. The lowest BCUT2D eigenvalue weighted by Crippen LogP contribution is -2.30. The van der Waals surface area contributed by atoms with Crippen LogP contribution in [0.15, 0.2) is 24.8 Å². The number of rotatable bonds is 4. The van der Waals surface area contributed by atoms with Crippen molar-refractivity contribution in [3.63, 3.8) is 0 Å². The van der Waals surface area contributed by atoms with Gasteiger partial charge in [-0.15, -0.1) is 0 Å². The van der Waals surface area contributed by atoms with Gasteiger partial charge in [-0.1, -0.05) is 40.3 Å². The molecule has 0 radical (unpaired) electrons. The molecule has 0 atom stereocenters. The van der Waals surface area contributed by atoms with Gasteiger partial charge in [0.1, 0.15) is 12.2 Å². The summed E-state index contributed by atoms with van der Waals surface area (Å²) in [5, 5.41) is 0. The fourth-order valence-electron chi connectivity index (χ4n) is 3.69. The van der Waals surface area contributed by atoms with E-state index in [0.29, 0.717) is 11.0 Å². The highest BCUT2D eigenvalue weighted by atomic mass is 16.5. The van der Waals surface area contributed by atoms with Crippen molar-refractivity contribution in [2.45, 2.75) is 97.7 Å². The van der Waals surface area contributed by atoms with E-state index >= 15 is 0 Å². The van der Waals surface area contributed by atoms with Crippen LogP contribution in [-0.4, -0.2) is 24.1 Å². The zero-order chi connectivity index (χ0) is 20.4. The first kappa shape index (κ1) is 23.5. The fourth-order valence-corrected chi connectivity index (χ4v) is 3.69. The number of carbonyl (C=O) groups excluding carboxylic acids is 2. The van der Waals surface area contributed by atoms with Crippen LogP contribution in [0.3, 0.4) is 0 Å². The van der Waals surface area contributed by atoms with Gasteiger partial charge >= 0.3 is 11.9 Å². The SMILES string of the molecule is C=C(C)C(=O)OC1CCCCC1.C=CC(=O)OC1CCC(C(C)(C)C)CC1. The Balaban J connectivity index is 0.000000277. The second-order valence-electron chi connectivity index (χ2n) is 8.93. The van der Waals surface area contributed by atoms with Gasteiger partial charge in [0.15, 0.2) is 0 Å². The second kappa shape index (κ2) is 11.3. The summed E-state index contributed by atoms with van der Waals surface area (Å²) in [7, 11) is 0. The highest BCUT2D eigenvalue weighted by molar-refractivity contribution is 5.87. The van der Waals surface area contributed by atoms with E-state index in [1.165, 1.54) is 38.2 Å². The molecule has 4 nitrogen and oxygen atoms in total. The molecule has 2 aliphatic carbocycles. The van der Waals surface area contributed by atoms with E-state index in [2.05, 4.69) is 33.9 Å². The molecule has 0 amide bonds. The van der Waals surface area contributed by atoms with Gasteiger partial charge in [-0.05, 0) is 69.6 Å². The summed E-state index contributed by atoms with van der Waals surface area (Å²) >= 11 is 0. The third-order valence-corrected chi connectivity index (χ3v) is 5.52. The summed E-state index contributed by atoms with van der Waals surface area (Å²) in [6.07, 6.45) is 11.6. The van der Waals surface area contributed by atoms with Crippen LogP contribution in [0.4, 0.5) is 0 Å². The Labute approximate surface area is 165 Å². The number of ether oxygens (including phenoxy) is 2. The maximum atomic E-state index is 11.1. The van der Waals surface area contributed by atoms with Crippen molar-refractivity contribution in [1.29, 1.82) is 0 Å². The first-order valence-corrected chi connectivity index (χ1v) is 10.3. The lowest BCUT2D eigenvalue weighted by Gasteiger charge is -2.36. The first-order chi connectivity index (χ1) is 12.6. The lowest BCUT2D eigenvalue weighted by atomic mass is 9.72. The second-order valence-corrected chi connectivity index (χ2v) is 8.93. The van der Waals surface area contributed by atoms with E-state index in [4.69, 9.17) is 9.47 Å². The number of hydrogen-bond acceptors (Lipinski definition) is 4. The number of hydrogen-bond donors (Lipinski definition) is 0. The Hall–Kier alpha value is -1.58. The van der Waals surface area contributed by atoms with Crippen LogP contribution in [0, 0.1) is 11.3 Å². The third-order valence-electron chi connectivity index (χ3n) is 5.52. The van der Waals surface area contributed by atoms with Gasteiger partial charge in [0.25, 0.3) is 0 Å². The molecule has 0 bridgehead atoms. The Kier molecular flexibility index (Phi) is 9.82. The fraction of sp³-hybridized carbons (Fsp3) is 0.739. The van der Waals surface area contributed by atoms with E-state index in [9.17, 15) is 9.59 Å². The Bertz CT molecular complexity index is 501. The van der Waals surface area contributed by atoms with E-state index in [1.807, 2.05) is 0 Å². The molecule has 0 N–H and O–H groups in total. The van der Waals surface area contributed by atoms with E-state index in [1.54, 1.807) is 6.92 Å². The van der Waals surface area contributed by atoms with Gasteiger partial charge in [-0.3, -0.25) is 0 Å². The summed E-state index contributed by atoms with van der Waals surface area (Å²) in [5.74, 6) is 0.243. The summed E-state index contributed by atoms with van der Waals surface area (Å²) in [6.45, 7) is 15.5. The molecule has 0 aromatic carbocycles. The molecule has 0 spiro atoms. The molecule has 2 fully saturated rings. The molecule has 2 rings (SSSR count). The minimum atomic E-state index is -0.283. The Morgan fingerprint density at radius 1 is 0.889 bits per heavy atom. The van der Waals surface area contributed by atoms with Crippen molar-refractivity contribution in [3.8, 4) is 0 Å². The van der Waals surface area contributed by atoms with Crippen molar-refractivity contribution in [3.05, 3.63) is 24.8 Å². The monoisotopic (exact) mass is 378 g/mol. The molecule has 0 aromatic rings. The predicted octanol–water partition coefficient (Wildman–Crippen LogP) is 5.76. The zero-order valence-corrected chi connectivity index (χ0v) is 17.7. The molecule has 2 saturated carbocycles. The first-order valence-electron chi connectivity index (χ1n) is 10.3. The van der Waals surface area contributed by atoms with Gasteiger partial charge < -0.3 is 9.47 Å². The summed E-state index contributed by atoms with van der Waals surface area (Å²) in [6, 6.07) is 0. The molecule has 0 unspecified atom stereocenters. The molecule has 0 saturated heterocycles. The van der Waals surface area contributed by atoms with Crippen LogP contribution in [0.25, 0.3) is 0 Å². The number of esters is 2. The molecular formula is C23H38O4. The van der Waals surface area contributed by atoms with Crippen molar-refractivity contribution < 1.29 is 19.1 Å². The van der Waals surface area contributed by atoms with E-state index in [-0.39, 0.29) is 24.1 Å². The van der Waals surface area contributed by atoms with Crippen LogP contribution in [-0.2, 0) is 19.1 Å². The summed E-state index contributed by atoms with van der Waals surface area (Å²) in [5.41, 5.74) is 0.883. The average Bonchev–Trinajstić information content (AvgIpc) is 2.62. The van der Waals surface area contributed by atoms with Crippen molar-refractivity contribution in [1.82, 2.24) is 0 Å². The molecule has 0 aliphatic heterocycles. The van der Waals surface area contributed by atoms with Crippen molar-refractivity contribution in [2.24, 2.45) is 11.3 Å². The topological polar surface area (TPSA) is 52.6 Å². The zero-order valence-electron chi connectivity index (χ0n) is 17.7. The maximum absolute atomic E-state index is 11.1. The molecule has 0 heterocycles. The molecular weight excluding hydrogens is 340 g/mol. The van der Waals surface area contributed by atoms with Gasteiger partial charge in [0.05, 0.1) is 0 Å². The van der Waals surface area contributed by atoms with Crippen LogP contribution in [0.2, 0.25) is 0 Å². The van der Waals surface area contributed by atoms with Gasteiger partial charge in [0.2, 0.25) is 0 Å². The average molecular weight is 379 g/mol. The molecule has 2 aliphatic rings. The van der Waals surface area contributed by atoms with Gasteiger partial charge in [-0.2, -0.15) is 0 Å². The summed E-state index contributed by atoms with van der Waals surface area (Å²) in [4.78, 5) is 22.1. The van der Waals surface area contributed by atoms with Crippen LogP contribution in [0.5, 0.6) is 0 Å². The predicted molar refractivity (Wildman–Crippen MR) is 109 cm³/mol. The maximum Gasteiger partial charge on any atom is 0.333 e. The normalized spacial score (nSPS) is 23.4. The lowest BCUT2D eigenvalue weighted by molar-refractivity contribution is -0.146. The standard InChI is InChI=1S/C13H22O2.C10H16O2/c1-5-12(14)15-11-8-6-10(7-9-11)13(2,3)4;1-8(2)10(11)12-9-6-4-3-5-7-9/h5,10-11H,1,6-9H2,2-4H3;9H,1,3-7H2,2H3. The molecule has 0 aromatic heterocycles. The van der Waals surface area contributed by atoms with Crippen molar-refractivity contribution in [2.75, 3.05) is 0 Å². The minimum Gasteiger partial charge on any atom is -0.459 e. The minimum absolute atomic E-state index is 0.120. The Morgan fingerprint density at radius 2 is 1.41 bits per heavy atom. The van der Waals surface area contributed by atoms with Gasteiger partial charge in [0, 0.05) is 11.6 Å². The largest absolute Gasteiger partial charge is 0.459 e. The van der Waals surface area contributed by atoms with Crippen LogP contribution >= 0.6 is 0 Å². The third kappa shape index (κ3) is 9.25. The van der Waals surface area contributed by atoms with Crippen molar-refractivity contribution >= 4 is 11.9 Å². The highest BCUT2D eigenvalue weighted by Gasteiger charge is 2.30. The summed E-state index contributed by atoms with van der Waals surface area (Å²) < 4.78 is 10.5. The van der Waals surface area contributed by atoms with Crippen LogP contribution < -0.4 is 0 Å². The van der Waals surface area contributed by atoms with E-state index in [0.717, 1.165) is 31.6 Å². The molecule has 154 valence electrons. The molecule has 4 heteroatoms. The quantitative estimate of drug-likeness (QED) is 0.461. The highest BCUT2D eigenvalue weighted by Crippen LogP contribution is 2.38. The smallest absolute Gasteiger partial charge is 0.333 e.